The molecule has 0 aromatic heterocycles. The van der Waals surface area contributed by atoms with E-state index in [0.717, 1.165) is 71.0 Å². The summed E-state index contributed by atoms with van der Waals surface area (Å²) in [5, 5.41) is 3.39. The fraction of sp³-hybridized carbons (Fsp3) is 0.889. The van der Waals surface area contributed by atoms with Crippen molar-refractivity contribution < 1.29 is 19.0 Å². The fourth-order valence-corrected chi connectivity index (χ4v) is 3.32. The molecule has 0 aliphatic carbocycles. The second kappa shape index (κ2) is 13.5. The van der Waals surface area contributed by atoms with Gasteiger partial charge < -0.3 is 24.4 Å². The van der Waals surface area contributed by atoms with Crippen molar-refractivity contribution >= 4 is 35.9 Å². The second-order valence-electron chi connectivity index (χ2n) is 6.55. The predicted molar refractivity (Wildman–Crippen MR) is 112 cm³/mol. The van der Waals surface area contributed by atoms with E-state index in [2.05, 4.69) is 15.2 Å². The first-order valence-electron chi connectivity index (χ1n) is 9.56. The van der Waals surface area contributed by atoms with Crippen LogP contribution in [0.2, 0.25) is 0 Å². The van der Waals surface area contributed by atoms with Gasteiger partial charge in [-0.25, -0.2) is 0 Å². The molecule has 2 fully saturated rings. The maximum Gasteiger partial charge on any atom is 0.310 e. The summed E-state index contributed by atoms with van der Waals surface area (Å²) in [7, 11) is 1.79. The average Bonchev–Trinajstić information content (AvgIpc) is 2.66. The number of aliphatic imine (C=N–C) groups is 1. The Bertz CT molecular complexity index is 431. The van der Waals surface area contributed by atoms with Crippen molar-refractivity contribution in [3.05, 3.63) is 0 Å². The number of piperidine rings is 1. The van der Waals surface area contributed by atoms with Crippen LogP contribution in [0.15, 0.2) is 4.99 Å². The van der Waals surface area contributed by atoms with Crippen LogP contribution in [-0.4, -0.2) is 76.0 Å². The molecule has 1 unspecified atom stereocenters. The van der Waals surface area contributed by atoms with Gasteiger partial charge in [-0.1, -0.05) is 0 Å². The highest BCUT2D eigenvalue weighted by atomic mass is 127. The minimum absolute atomic E-state index is 0. The number of nitrogens with zero attached hydrogens (tertiary/aromatic N) is 2. The normalized spacial score (nSPS) is 21.8. The lowest BCUT2D eigenvalue weighted by Gasteiger charge is -2.34. The summed E-state index contributed by atoms with van der Waals surface area (Å²) in [6.45, 7) is 7.08. The SMILES string of the molecule is CCOC(=O)C1CCCN(C(=NC)NCCCOC2CCOCC2)C1.I. The highest BCUT2D eigenvalue weighted by Gasteiger charge is 2.28. The van der Waals surface area contributed by atoms with Gasteiger partial charge in [-0.2, -0.15) is 0 Å². The number of ether oxygens (including phenoxy) is 3. The number of esters is 1. The first kappa shape index (κ1) is 23.4. The van der Waals surface area contributed by atoms with Gasteiger partial charge in [-0.15, -0.1) is 24.0 Å². The van der Waals surface area contributed by atoms with E-state index in [4.69, 9.17) is 14.2 Å². The Morgan fingerprint density at radius 1 is 1.31 bits per heavy atom. The van der Waals surface area contributed by atoms with Crippen LogP contribution in [0.4, 0.5) is 0 Å². The first-order valence-corrected chi connectivity index (χ1v) is 9.56. The quantitative estimate of drug-likeness (QED) is 0.197. The van der Waals surface area contributed by atoms with Crippen molar-refractivity contribution in [2.75, 3.05) is 53.1 Å². The van der Waals surface area contributed by atoms with Gasteiger partial charge in [0.15, 0.2) is 5.96 Å². The maximum atomic E-state index is 12.0. The Hall–Kier alpha value is -0.610. The van der Waals surface area contributed by atoms with Crippen molar-refractivity contribution in [3.63, 3.8) is 0 Å². The Morgan fingerprint density at radius 3 is 2.77 bits per heavy atom. The molecule has 0 aromatic rings. The second-order valence-corrected chi connectivity index (χ2v) is 6.55. The van der Waals surface area contributed by atoms with Crippen LogP contribution >= 0.6 is 24.0 Å². The van der Waals surface area contributed by atoms with Crippen LogP contribution in [0.25, 0.3) is 0 Å². The summed E-state index contributed by atoms with van der Waals surface area (Å²) in [5.74, 6) is 0.719. The summed E-state index contributed by atoms with van der Waals surface area (Å²) in [5.41, 5.74) is 0. The van der Waals surface area contributed by atoms with Crippen LogP contribution in [0.1, 0.15) is 39.0 Å². The van der Waals surface area contributed by atoms with E-state index in [1.807, 2.05) is 6.92 Å². The molecule has 0 radical (unpaired) electrons. The molecule has 8 heteroatoms. The number of carbonyl (C=O) groups excluding carboxylic acids is 1. The van der Waals surface area contributed by atoms with Gasteiger partial charge in [-0.3, -0.25) is 9.79 Å². The molecule has 26 heavy (non-hydrogen) atoms. The van der Waals surface area contributed by atoms with Crippen LogP contribution < -0.4 is 5.32 Å². The molecule has 0 saturated carbocycles. The van der Waals surface area contributed by atoms with Crippen LogP contribution in [0.5, 0.6) is 0 Å². The Morgan fingerprint density at radius 2 is 2.08 bits per heavy atom. The van der Waals surface area contributed by atoms with Crippen molar-refractivity contribution in [1.29, 1.82) is 0 Å². The number of halogens is 1. The topological polar surface area (TPSA) is 72.4 Å². The molecule has 7 nitrogen and oxygen atoms in total. The van der Waals surface area contributed by atoms with Gasteiger partial charge >= 0.3 is 5.97 Å². The molecule has 0 spiro atoms. The third-order valence-corrected chi connectivity index (χ3v) is 4.68. The molecule has 0 bridgehead atoms. The monoisotopic (exact) mass is 483 g/mol. The van der Waals surface area contributed by atoms with Crippen LogP contribution in [-0.2, 0) is 19.0 Å². The number of likely N-dealkylation sites (tertiary alicyclic amines) is 1. The maximum absolute atomic E-state index is 12.0. The Labute approximate surface area is 174 Å². The minimum atomic E-state index is -0.0903. The fourth-order valence-electron chi connectivity index (χ4n) is 3.32. The molecule has 0 amide bonds. The van der Waals surface area contributed by atoms with E-state index in [1.54, 1.807) is 7.05 Å². The van der Waals surface area contributed by atoms with Gasteiger partial charge in [0.05, 0.1) is 18.6 Å². The highest BCUT2D eigenvalue weighted by molar-refractivity contribution is 14.0. The lowest BCUT2D eigenvalue weighted by molar-refractivity contribution is -0.149. The van der Waals surface area contributed by atoms with Gasteiger partial charge in [0.2, 0.25) is 0 Å². The summed E-state index contributed by atoms with van der Waals surface area (Å²) in [6.07, 6.45) is 5.16. The highest BCUT2D eigenvalue weighted by Crippen LogP contribution is 2.18. The zero-order valence-electron chi connectivity index (χ0n) is 16.1. The molecule has 1 atom stereocenters. The number of rotatable bonds is 7. The van der Waals surface area contributed by atoms with Gasteiger partial charge in [0, 0.05) is 46.5 Å². The smallest absolute Gasteiger partial charge is 0.310 e. The van der Waals surface area contributed by atoms with Crippen molar-refractivity contribution in [3.8, 4) is 0 Å². The standard InChI is InChI=1S/C18H33N3O4.HI/c1-3-24-17(22)15-6-4-10-21(14-15)18(19-2)20-9-5-11-25-16-7-12-23-13-8-16;/h15-16H,3-14H2,1-2H3,(H,19,20);1H. The molecule has 0 aromatic carbocycles. The van der Waals surface area contributed by atoms with Crippen molar-refractivity contribution in [1.82, 2.24) is 10.2 Å². The number of guanidine groups is 1. The predicted octanol–water partition coefficient (Wildman–Crippen LogP) is 2.04. The van der Waals surface area contributed by atoms with Gasteiger partial charge in [0.1, 0.15) is 0 Å². The Kier molecular flexibility index (Phi) is 12.2. The summed E-state index contributed by atoms with van der Waals surface area (Å²) in [4.78, 5) is 18.5. The molecule has 2 heterocycles. The number of hydrogen-bond donors (Lipinski definition) is 1. The first-order chi connectivity index (χ1) is 12.2. The van der Waals surface area contributed by atoms with Crippen molar-refractivity contribution in [2.45, 2.75) is 45.1 Å². The van der Waals surface area contributed by atoms with E-state index >= 15 is 0 Å². The van der Waals surface area contributed by atoms with Crippen molar-refractivity contribution in [2.24, 2.45) is 10.9 Å². The van der Waals surface area contributed by atoms with Crippen LogP contribution in [0.3, 0.4) is 0 Å². The summed E-state index contributed by atoms with van der Waals surface area (Å²) >= 11 is 0. The van der Waals surface area contributed by atoms with Gasteiger partial charge in [0.25, 0.3) is 0 Å². The van der Waals surface area contributed by atoms with Gasteiger partial charge in [-0.05, 0) is 39.0 Å². The summed E-state index contributed by atoms with van der Waals surface area (Å²) < 4.78 is 16.4. The zero-order chi connectivity index (χ0) is 17.9. The molecule has 152 valence electrons. The lowest BCUT2D eigenvalue weighted by Crippen LogP contribution is -2.48. The molecule has 2 rings (SSSR count). The van der Waals surface area contributed by atoms with E-state index in [-0.39, 0.29) is 35.9 Å². The van der Waals surface area contributed by atoms with Crippen LogP contribution in [0, 0.1) is 5.92 Å². The molecular weight excluding hydrogens is 449 g/mol. The van der Waals surface area contributed by atoms with E-state index < -0.39 is 0 Å². The minimum Gasteiger partial charge on any atom is -0.466 e. The number of carbonyl (C=O) groups is 1. The molecule has 2 saturated heterocycles. The Balaban J connectivity index is 0.00000338. The van der Waals surface area contributed by atoms with E-state index in [0.29, 0.717) is 19.3 Å². The number of nitrogens with one attached hydrogen (secondary N) is 1. The molecule has 2 aliphatic heterocycles. The van der Waals surface area contributed by atoms with E-state index in [1.165, 1.54) is 0 Å². The van der Waals surface area contributed by atoms with E-state index in [9.17, 15) is 4.79 Å². The number of hydrogen-bond acceptors (Lipinski definition) is 5. The molecular formula is C18H34IN3O4. The molecule has 1 N–H and O–H groups in total. The third kappa shape index (κ3) is 7.96. The summed E-state index contributed by atoms with van der Waals surface area (Å²) in [6, 6.07) is 0. The molecule has 2 aliphatic rings. The average molecular weight is 483 g/mol. The third-order valence-electron chi connectivity index (χ3n) is 4.68. The zero-order valence-corrected chi connectivity index (χ0v) is 18.4. The largest absolute Gasteiger partial charge is 0.466 e. The lowest BCUT2D eigenvalue weighted by atomic mass is 9.98.